The number of aromatic nitrogens is 2. The summed E-state index contributed by atoms with van der Waals surface area (Å²) in [4.78, 5) is 7.39. The summed E-state index contributed by atoms with van der Waals surface area (Å²) < 4.78 is 0. The van der Waals surface area contributed by atoms with Gasteiger partial charge in [-0.1, -0.05) is 13.8 Å². The largest absolute Gasteiger partial charge is 0.347 e. The number of nitrogens with one attached hydrogen (secondary N) is 2. The van der Waals surface area contributed by atoms with Gasteiger partial charge in [0.05, 0.1) is 6.04 Å². The van der Waals surface area contributed by atoms with E-state index in [-0.39, 0.29) is 0 Å². The van der Waals surface area contributed by atoms with E-state index in [0.717, 1.165) is 12.4 Å². The molecular weight excluding hydrogens is 150 g/mol. The first-order valence-electron chi connectivity index (χ1n) is 4.40. The fourth-order valence-electron chi connectivity index (χ4n) is 1.76. The van der Waals surface area contributed by atoms with Gasteiger partial charge in [0.15, 0.2) is 0 Å². The van der Waals surface area contributed by atoms with Crippen LogP contribution in [0.4, 0.5) is 0 Å². The molecule has 3 heteroatoms. The molecule has 1 aliphatic rings. The van der Waals surface area contributed by atoms with Gasteiger partial charge in [0.2, 0.25) is 0 Å². The molecule has 1 aliphatic heterocycles. The van der Waals surface area contributed by atoms with Crippen LogP contribution in [0.25, 0.3) is 0 Å². The van der Waals surface area contributed by atoms with Gasteiger partial charge >= 0.3 is 0 Å². The number of aromatic amines is 1. The van der Waals surface area contributed by atoms with Gasteiger partial charge in [-0.3, -0.25) is 0 Å². The van der Waals surface area contributed by atoms with Gasteiger partial charge in [-0.05, 0) is 11.8 Å². The van der Waals surface area contributed by atoms with Crippen molar-refractivity contribution in [1.82, 2.24) is 15.3 Å². The highest BCUT2D eigenvalue weighted by atomic mass is 15.0. The van der Waals surface area contributed by atoms with Crippen molar-refractivity contribution in [1.29, 1.82) is 0 Å². The van der Waals surface area contributed by atoms with Gasteiger partial charge in [-0.2, -0.15) is 0 Å². The van der Waals surface area contributed by atoms with Crippen LogP contribution in [0.1, 0.15) is 32.1 Å². The lowest BCUT2D eigenvalue weighted by atomic mass is 9.90. The van der Waals surface area contributed by atoms with Crippen molar-refractivity contribution in [2.75, 3.05) is 6.54 Å². The third kappa shape index (κ3) is 1.37. The maximum atomic E-state index is 4.25. The minimum atomic E-state index is 0.414. The Balaban J connectivity index is 2.10. The Bertz CT molecular complexity index is 251. The molecule has 1 unspecified atom stereocenters. The van der Waals surface area contributed by atoms with E-state index in [2.05, 4.69) is 29.1 Å². The molecule has 66 valence electrons. The molecule has 0 aromatic carbocycles. The Morgan fingerprint density at radius 2 is 2.42 bits per heavy atom. The summed E-state index contributed by atoms with van der Waals surface area (Å²) in [5, 5.41) is 3.46. The van der Waals surface area contributed by atoms with E-state index in [1.807, 2.05) is 12.4 Å². The van der Waals surface area contributed by atoms with Crippen LogP contribution in [-0.2, 0) is 0 Å². The Hall–Kier alpha value is -0.830. The molecule has 1 aromatic rings. The fourth-order valence-corrected chi connectivity index (χ4v) is 1.76. The number of rotatable bonds is 1. The molecule has 1 fully saturated rings. The molecule has 0 bridgehead atoms. The Morgan fingerprint density at radius 1 is 1.58 bits per heavy atom. The average molecular weight is 165 g/mol. The number of hydrogen-bond donors (Lipinski definition) is 2. The summed E-state index contributed by atoms with van der Waals surface area (Å²) in [7, 11) is 0. The van der Waals surface area contributed by atoms with Crippen molar-refractivity contribution in [3.05, 3.63) is 18.2 Å². The zero-order valence-electron chi connectivity index (χ0n) is 7.59. The maximum Gasteiger partial charge on any atom is 0.123 e. The summed E-state index contributed by atoms with van der Waals surface area (Å²) in [5.74, 6) is 1.07. The van der Waals surface area contributed by atoms with Gasteiger partial charge in [0.1, 0.15) is 5.82 Å². The van der Waals surface area contributed by atoms with E-state index in [4.69, 9.17) is 0 Å². The molecule has 0 spiro atoms. The highest BCUT2D eigenvalue weighted by molar-refractivity contribution is 5.01. The number of H-pyrrole nitrogens is 1. The smallest absolute Gasteiger partial charge is 0.123 e. The van der Waals surface area contributed by atoms with Gasteiger partial charge in [-0.25, -0.2) is 4.98 Å². The Labute approximate surface area is 72.6 Å². The van der Waals surface area contributed by atoms with Crippen LogP contribution < -0.4 is 5.32 Å². The number of imidazole rings is 1. The van der Waals surface area contributed by atoms with Crippen molar-refractivity contribution < 1.29 is 0 Å². The topological polar surface area (TPSA) is 40.7 Å². The average Bonchev–Trinajstić information content (AvgIpc) is 2.55. The maximum absolute atomic E-state index is 4.25. The van der Waals surface area contributed by atoms with Crippen molar-refractivity contribution >= 4 is 0 Å². The van der Waals surface area contributed by atoms with E-state index in [1.54, 1.807) is 0 Å². The molecule has 0 aliphatic carbocycles. The summed E-state index contributed by atoms with van der Waals surface area (Å²) in [6.45, 7) is 5.64. The second kappa shape index (κ2) is 2.59. The van der Waals surface area contributed by atoms with Gasteiger partial charge in [0, 0.05) is 18.9 Å². The summed E-state index contributed by atoms with van der Waals surface area (Å²) >= 11 is 0. The molecule has 2 heterocycles. The second-order valence-corrected chi connectivity index (χ2v) is 4.28. The molecule has 0 radical (unpaired) electrons. The predicted molar refractivity (Wildman–Crippen MR) is 47.7 cm³/mol. The van der Waals surface area contributed by atoms with Gasteiger partial charge in [0.25, 0.3) is 0 Å². The lowest BCUT2D eigenvalue weighted by Crippen LogP contribution is -2.17. The molecule has 12 heavy (non-hydrogen) atoms. The van der Waals surface area contributed by atoms with E-state index in [0.29, 0.717) is 11.5 Å². The molecule has 2 N–H and O–H groups in total. The van der Waals surface area contributed by atoms with Crippen LogP contribution in [0.15, 0.2) is 12.4 Å². The zero-order chi connectivity index (χ0) is 8.60. The minimum Gasteiger partial charge on any atom is -0.347 e. The predicted octanol–water partition coefficient (Wildman–Crippen LogP) is 1.47. The summed E-state index contributed by atoms with van der Waals surface area (Å²) in [6, 6.07) is 0.426. The highest BCUT2D eigenvalue weighted by Gasteiger charge is 2.32. The molecule has 0 saturated carbocycles. The monoisotopic (exact) mass is 165 g/mol. The van der Waals surface area contributed by atoms with Gasteiger partial charge < -0.3 is 10.3 Å². The normalized spacial score (nSPS) is 27.7. The highest BCUT2D eigenvalue weighted by Crippen LogP contribution is 2.33. The van der Waals surface area contributed by atoms with Crippen molar-refractivity contribution in [3.63, 3.8) is 0 Å². The first-order chi connectivity index (χ1) is 5.67. The van der Waals surface area contributed by atoms with Crippen LogP contribution in [0.3, 0.4) is 0 Å². The zero-order valence-corrected chi connectivity index (χ0v) is 7.59. The van der Waals surface area contributed by atoms with Gasteiger partial charge in [-0.15, -0.1) is 0 Å². The summed E-state index contributed by atoms with van der Waals surface area (Å²) in [6.07, 6.45) is 4.85. The van der Waals surface area contributed by atoms with E-state index in [1.165, 1.54) is 6.42 Å². The van der Waals surface area contributed by atoms with E-state index < -0.39 is 0 Å². The third-order valence-electron chi connectivity index (χ3n) is 2.43. The van der Waals surface area contributed by atoms with Crippen LogP contribution >= 0.6 is 0 Å². The lowest BCUT2D eigenvalue weighted by Gasteiger charge is -2.14. The molecule has 2 rings (SSSR count). The quantitative estimate of drug-likeness (QED) is 0.661. The molecule has 0 amide bonds. The fraction of sp³-hybridized carbons (Fsp3) is 0.667. The van der Waals surface area contributed by atoms with Crippen molar-refractivity contribution in [3.8, 4) is 0 Å². The van der Waals surface area contributed by atoms with Crippen LogP contribution in [0.5, 0.6) is 0 Å². The molecule has 1 atom stereocenters. The Kier molecular flexibility index (Phi) is 1.68. The number of nitrogens with zero attached hydrogens (tertiary/aromatic N) is 1. The van der Waals surface area contributed by atoms with E-state index >= 15 is 0 Å². The lowest BCUT2D eigenvalue weighted by molar-refractivity contribution is 0.401. The number of hydrogen-bond acceptors (Lipinski definition) is 2. The molecule has 1 saturated heterocycles. The third-order valence-corrected chi connectivity index (χ3v) is 2.43. The minimum absolute atomic E-state index is 0.414. The molecule has 3 nitrogen and oxygen atoms in total. The first-order valence-corrected chi connectivity index (χ1v) is 4.40. The van der Waals surface area contributed by atoms with Crippen molar-refractivity contribution in [2.45, 2.75) is 26.3 Å². The van der Waals surface area contributed by atoms with Crippen LogP contribution in [0.2, 0.25) is 0 Å². The second-order valence-electron chi connectivity index (χ2n) is 4.28. The van der Waals surface area contributed by atoms with E-state index in [9.17, 15) is 0 Å². The van der Waals surface area contributed by atoms with Crippen LogP contribution in [0, 0.1) is 5.41 Å². The molecule has 1 aromatic heterocycles. The summed E-state index contributed by atoms with van der Waals surface area (Å²) in [5.41, 5.74) is 0.414. The van der Waals surface area contributed by atoms with Crippen LogP contribution in [-0.4, -0.2) is 16.5 Å². The van der Waals surface area contributed by atoms with Crippen molar-refractivity contribution in [2.24, 2.45) is 5.41 Å². The Morgan fingerprint density at radius 3 is 2.92 bits per heavy atom. The standard InChI is InChI=1S/C9H15N3/c1-9(2)5-7(12-6-9)8-10-3-4-11-8/h3-4,7,12H,5-6H2,1-2H3,(H,10,11). The molecular formula is C9H15N3. The SMILES string of the molecule is CC1(C)CNC(c2ncc[nH]2)C1. The first kappa shape index (κ1) is 7.80.